The molecule has 1 aromatic carbocycles. The maximum absolute atomic E-state index is 12.4. The Morgan fingerprint density at radius 1 is 1.18 bits per heavy atom. The third-order valence-electron chi connectivity index (χ3n) is 3.55. The molecule has 6 nitrogen and oxygen atoms in total. The minimum atomic E-state index is -3.52. The first-order chi connectivity index (χ1) is 10.2. The van der Waals surface area contributed by atoms with Gasteiger partial charge in [-0.3, -0.25) is 4.79 Å². The van der Waals surface area contributed by atoms with Gasteiger partial charge in [0, 0.05) is 38.8 Å². The second kappa shape index (κ2) is 7.71. The highest BCUT2D eigenvalue weighted by molar-refractivity contribution is 7.89. The number of amides is 1. The predicted molar refractivity (Wildman–Crippen MR) is 87.4 cm³/mol. The Labute approximate surface area is 133 Å². The number of sulfonamides is 1. The second-order valence-corrected chi connectivity index (χ2v) is 7.47. The van der Waals surface area contributed by atoms with Gasteiger partial charge in [-0.1, -0.05) is 0 Å². The minimum Gasteiger partial charge on any atom is -0.340 e. The lowest BCUT2D eigenvalue weighted by Gasteiger charge is -2.21. The number of benzene rings is 1. The van der Waals surface area contributed by atoms with Crippen LogP contribution in [0.5, 0.6) is 0 Å². The lowest BCUT2D eigenvalue weighted by atomic mass is 10.2. The molecule has 0 aliphatic carbocycles. The van der Waals surface area contributed by atoms with Crippen molar-refractivity contribution in [3.05, 3.63) is 29.8 Å². The Morgan fingerprint density at radius 3 is 2.18 bits per heavy atom. The van der Waals surface area contributed by atoms with Crippen LogP contribution in [0.2, 0.25) is 0 Å². The molecule has 22 heavy (non-hydrogen) atoms. The number of hydrogen-bond acceptors (Lipinski definition) is 4. The summed E-state index contributed by atoms with van der Waals surface area (Å²) < 4.78 is 26.0. The summed E-state index contributed by atoms with van der Waals surface area (Å²) in [6, 6.07) is 5.94. The second-order valence-electron chi connectivity index (χ2n) is 5.47. The Hall–Kier alpha value is -1.44. The van der Waals surface area contributed by atoms with Crippen LogP contribution >= 0.6 is 0 Å². The minimum absolute atomic E-state index is 0.126. The van der Waals surface area contributed by atoms with Gasteiger partial charge in [0.1, 0.15) is 0 Å². The van der Waals surface area contributed by atoms with E-state index < -0.39 is 10.0 Å². The van der Waals surface area contributed by atoms with Gasteiger partial charge in [0.2, 0.25) is 10.0 Å². The van der Waals surface area contributed by atoms with Gasteiger partial charge in [-0.25, -0.2) is 8.42 Å². The van der Waals surface area contributed by atoms with Crippen molar-refractivity contribution in [2.45, 2.75) is 24.8 Å². The monoisotopic (exact) mass is 327 g/mol. The predicted octanol–water partition coefficient (Wildman–Crippen LogP) is 1.01. The number of carbonyl (C=O) groups is 1. The van der Waals surface area contributed by atoms with Crippen LogP contribution in [0.4, 0.5) is 0 Å². The topological polar surface area (TPSA) is 69.7 Å². The van der Waals surface area contributed by atoms with Gasteiger partial charge >= 0.3 is 0 Å². The molecule has 0 bridgehead atoms. The van der Waals surface area contributed by atoms with E-state index in [-0.39, 0.29) is 16.8 Å². The number of rotatable bonds is 7. The first kappa shape index (κ1) is 18.6. The van der Waals surface area contributed by atoms with Gasteiger partial charge in [-0.15, -0.1) is 0 Å². The number of nitrogens with zero attached hydrogens (tertiary/aromatic N) is 2. The standard InChI is InChI=1S/C15H25N3O3S/c1-12(2)18(5)22(20,21)14-8-6-13(7-9-14)15(19)17(4)11-10-16-3/h6-9,12,16H,10-11H2,1-5H3. The van der Waals surface area contributed by atoms with Crippen molar-refractivity contribution in [2.75, 3.05) is 34.2 Å². The molecule has 0 saturated heterocycles. The smallest absolute Gasteiger partial charge is 0.253 e. The van der Waals surface area contributed by atoms with E-state index in [0.717, 1.165) is 0 Å². The van der Waals surface area contributed by atoms with E-state index in [9.17, 15) is 13.2 Å². The zero-order valence-electron chi connectivity index (χ0n) is 13.8. The highest BCUT2D eigenvalue weighted by atomic mass is 32.2. The number of nitrogens with one attached hydrogen (secondary N) is 1. The third-order valence-corrected chi connectivity index (χ3v) is 5.60. The zero-order chi connectivity index (χ0) is 16.9. The number of carbonyl (C=O) groups excluding carboxylic acids is 1. The fourth-order valence-corrected chi connectivity index (χ4v) is 3.18. The summed E-state index contributed by atoms with van der Waals surface area (Å²) in [4.78, 5) is 14.0. The Balaban J connectivity index is 2.94. The van der Waals surface area contributed by atoms with Crippen LogP contribution < -0.4 is 5.32 Å². The first-order valence-electron chi connectivity index (χ1n) is 7.20. The SMILES string of the molecule is CNCCN(C)C(=O)c1ccc(S(=O)(=O)N(C)C(C)C)cc1. The van der Waals surface area contributed by atoms with Gasteiger partial charge < -0.3 is 10.2 Å². The molecule has 1 amide bonds. The fraction of sp³-hybridized carbons (Fsp3) is 0.533. The fourth-order valence-electron chi connectivity index (χ4n) is 1.81. The molecule has 0 aliphatic heterocycles. The molecule has 0 aliphatic rings. The highest BCUT2D eigenvalue weighted by Gasteiger charge is 2.23. The van der Waals surface area contributed by atoms with E-state index in [0.29, 0.717) is 18.7 Å². The summed E-state index contributed by atoms with van der Waals surface area (Å²) in [6.45, 7) is 4.91. The molecule has 0 unspecified atom stereocenters. The molecule has 0 saturated carbocycles. The van der Waals surface area contributed by atoms with Crippen molar-refractivity contribution in [2.24, 2.45) is 0 Å². The summed E-state index contributed by atoms with van der Waals surface area (Å²) in [5.41, 5.74) is 0.477. The van der Waals surface area contributed by atoms with Gasteiger partial charge in [0.25, 0.3) is 5.91 Å². The lowest BCUT2D eigenvalue weighted by Crippen LogP contribution is -2.33. The van der Waals surface area contributed by atoms with E-state index in [1.165, 1.54) is 16.4 Å². The summed E-state index contributed by atoms with van der Waals surface area (Å²) in [6.07, 6.45) is 0. The van der Waals surface area contributed by atoms with Crippen LogP contribution in [0.1, 0.15) is 24.2 Å². The van der Waals surface area contributed by atoms with Crippen molar-refractivity contribution in [1.29, 1.82) is 0 Å². The van der Waals surface area contributed by atoms with Crippen molar-refractivity contribution >= 4 is 15.9 Å². The maximum Gasteiger partial charge on any atom is 0.253 e. The van der Waals surface area contributed by atoms with Crippen molar-refractivity contribution in [1.82, 2.24) is 14.5 Å². The van der Waals surface area contributed by atoms with Crippen LogP contribution in [-0.2, 0) is 10.0 Å². The van der Waals surface area contributed by atoms with E-state index in [1.54, 1.807) is 31.1 Å². The van der Waals surface area contributed by atoms with Crippen molar-refractivity contribution in [3.8, 4) is 0 Å². The summed E-state index contributed by atoms with van der Waals surface area (Å²) in [7, 11) is 1.57. The quantitative estimate of drug-likeness (QED) is 0.811. The summed E-state index contributed by atoms with van der Waals surface area (Å²) in [5.74, 6) is -0.128. The van der Waals surface area contributed by atoms with E-state index in [4.69, 9.17) is 0 Å². The van der Waals surface area contributed by atoms with E-state index in [2.05, 4.69) is 5.32 Å². The molecule has 0 atom stereocenters. The summed E-state index contributed by atoms with van der Waals surface area (Å²) >= 11 is 0. The number of hydrogen-bond donors (Lipinski definition) is 1. The molecule has 1 aromatic rings. The van der Waals surface area contributed by atoms with E-state index in [1.807, 2.05) is 20.9 Å². The van der Waals surface area contributed by atoms with Gasteiger partial charge in [-0.2, -0.15) is 4.31 Å². The third kappa shape index (κ3) is 4.28. The molecular weight excluding hydrogens is 302 g/mol. The average Bonchev–Trinajstić information content (AvgIpc) is 2.50. The van der Waals surface area contributed by atoms with Crippen LogP contribution in [0.25, 0.3) is 0 Å². The molecule has 1 rings (SSSR count). The maximum atomic E-state index is 12.4. The van der Waals surface area contributed by atoms with Crippen LogP contribution in [-0.4, -0.2) is 63.8 Å². The molecule has 124 valence electrons. The Morgan fingerprint density at radius 2 is 1.73 bits per heavy atom. The van der Waals surface area contributed by atoms with Gasteiger partial charge in [-0.05, 0) is 45.2 Å². The molecule has 1 N–H and O–H groups in total. The molecule has 0 aromatic heterocycles. The molecule has 0 radical (unpaired) electrons. The molecule has 0 fully saturated rings. The Kier molecular flexibility index (Phi) is 6.52. The zero-order valence-corrected chi connectivity index (χ0v) is 14.6. The number of likely N-dealkylation sites (N-methyl/N-ethyl adjacent to an activating group) is 2. The normalized spacial score (nSPS) is 12.0. The van der Waals surface area contributed by atoms with Crippen molar-refractivity contribution < 1.29 is 13.2 Å². The molecule has 7 heteroatoms. The average molecular weight is 327 g/mol. The van der Waals surface area contributed by atoms with Gasteiger partial charge in [0.05, 0.1) is 4.90 Å². The first-order valence-corrected chi connectivity index (χ1v) is 8.64. The van der Waals surface area contributed by atoms with Crippen LogP contribution in [0.3, 0.4) is 0 Å². The van der Waals surface area contributed by atoms with Gasteiger partial charge in [0.15, 0.2) is 0 Å². The highest BCUT2D eigenvalue weighted by Crippen LogP contribution is 2.17. The molecule has 0 spiro atoms. The Bertz CT molecular complexity index is 597. The molecule has 0 heterocycles. The van der Waals surface area contributed by atoms with Crippen LogP contribution in [0.15, 0.2) is 29.2 Å². The van der Waals surface area contributed by atoms with E-state index >= 15 is 0 Å². The van der Waals surface area contributed by atoms with Crippen molar-refractivity contribution in [3.63, 3.8) is 0 Å². The summed E-state index contributed by atoms with van der Waals surface area (Å²) in [5, 5.41) is 2.98. The molecular formula is C15H25N3O3S. The largest absolute Gasteiger partial charge is 0.340 e. The lowest BCUT2D eigenvalue weighted by molar-refractivity contribution is 0.0796. The van der Waals surface area contributed by atoms with Crippen LogP contribution in [0, 0.1) is 0 Å².